The van der Waals surface area contributed by atoms with Crippen molar-refractivity contribution in [2.45, 2.75) is 39.0 Å². The van der Waals surface area contributed by atoms with Crippen LogP contribution in [0.2, 0.25) is 0 Å². The number of rotatable bonds is 4. The normalized spacial score (nSPS) is 16.8. The van der Waals surface area contributed by atoms with Crippen molar-refractivity contribution in [3.8, 4) is 5.88 Å². The molecule has 1 fully saturated rings. The molecule has 17 heavy (non-hydrogen) atoms. The molecule has 1 N–H and O–H groups in total. The Balaban J connectivity index is 1.91. The van der Waals surface area contributed by atoms with E-state index < -0.39 is 0 Å². The fourth-order valence-electron chi connectivity index (χ4n) is 2.35. The highest BCUT2D eigenvalue weighted by atomic mass is 16.5. The van der Waals surface area contributed by atoms with Gasteiger partial charge < -0.3 is 10.1 Å². The summed E-state index contributed by atoms with van der Waals surface area (Å²) in [6.07, 6.45) is 6.78. The van der Waals surface area contributed by atoms with Gasteiger partial charge in [-0.3, -0.25) is 0 Å². The van der Waals surface area contributed by atoms with Crippen LogP contribution in [0.4, 0.5) is 5.95 Å². The first-order chi connectivity index (χ1) is 8.28. The molecule has 4 nitrogen and oxygen atoms in total. The van der Waals surface area contributed by atoms with Crippen LogP contribution in [0.1, 0.15) is 37.8 Å². The standard InChI is InChI=1S/C13H21N3O/c1-10-8-12(17-2)16-13(15-10)14-9-11-6-4-3-5-7-11/h8,11H,3-7,9H2,1-2H3,(H,14,15,16). The fourth-order valence-corrected chi connectivity index (χ4v) is 2.35. The van der Waals surface area contributed by atoms with Crippen molar-refractivity contribution in [2.24, 2.45) is 5.92 Å². The lowest BCUT2D eigenvalue weighted by atomic mass is 9.89. The van der Waals surface area contributed by atoms with Crippen molar-refractivity contribution in [1.82, 2.24) is 9.97 Å². The van der Waals surface area contributed by atoms with E-state index in [1.807, 2.05) is 13.0 Å². The summed E-state index contributed by atoms with van der Waals surface area (Å²) in [4.78, 5) is 8.66. The Labute approximate surface area is 103 Å². The van der Waals surface area contributed by atoms with E-state index in [0.717, 1.165) is 18.2 Å². The average molecular weight is 235 g/mol. The van der Waals surface area contributed by atoms with Crippen LogP contribution >= 0.6 is 0 Å². The molecule has 94 valence electrons. The average Bonchev–Trinajstić information content (AvgIpc) is 2.37. The maximum absolute atomic E-state index is 5.14. The molecule has 1 aliphatic carbocycles. The van der Waals surface area contributed by atoms with Crippen molar-refractivity contribution in [1.29, 1.82) is 0 Å². The van der Waals surface area contributed by atoms with Gasteiger partial charge in [-0.05, 0) is 25.7 Å². The highest BCUT2D eigenvalue weighted by molar-refractivity contribution is 5.30. The lowest BCUT2D eigenvalue weighted by Gasteiger charge is -2.21. The van der Waals surface area contributed by atoms with Crippen LogP contribution in [0, 0.1) is 12.8 Å². The van der Waals surface area contributed by atoms with Crippen molar-refractivity contribution in [2.75, 3.05) is 19.0 Å². The van der Waals surface area contributed by atoms with Crippen molar-refractivity contribution < 1.29 is 4.74 Å². The van der Waals surface area contributed by atoms with E-state index in [0.29, 0.717) is 11.8 Å². The summed E-state index contributed by atoms with van der Waals surface area (Å²) < 4.78 is 5.14. The molecule has 1 heterocycles. The highest BCUT2D eigenvalue weighted by Crippen LogP contribution is 2.23. The maximum Gasteiger partial charge on any atom is 0.226 e. The van der Waals surface area contributed by atoms with Crippen LogP contribution in [-0.2, 0) is 0 Å². The SMILES string of the molecule is COc1cc(C)nc(NCC2CCCCC2)n1. The molecule has 0 unspecified atom stereocenters. The zero-order valence-electron chi connectivity index (χ0n) is 10.7. The van der Waals surface area contributed by atoms with E-state index >= 15 is 0 Å². The summed E-state index contributed by atoms with van der Waals surface area (Å²) in [5.74, 6) is 2.09. The number of nitrogens with zero attached hydrogens (tertiary/aromatic N) is 2. The second kappa shape index (κ2) is 5.84. The lowest BCUT2D eigenvalue weighted by Crippen LogP contribution is -2.18. The monoisotopic (exact) mass is 235 g/mol. The Hall–Kier alpha value is -1.32. The number of aryl methyl sites for hydroxylation is 1. The van der Waals surface area contributed by atoms with E-state index in [9.17, 15) is 0 Å². The first-order valence-corrected chi connectivity index (χ1v) is 6.41. The quantitative estimate of drug-likeness (QED) is 0.871. The Morgan fingerprint density at radius 3 is 2.76 bits per heavy atom. The second-order valence-corrected chi connectivity index (χ2v) is 4.76. The van der Waals surface area contributed by atoms with Gasteiger partial charge in [0.2, 0.25) is 11.8 Å². The van der Waals surface area contributed by atoms with Gasteiger partial charge in [-0.15, -0.1) is 0 Å². The maximum atomic E-state index is 5.14. The van der Waals surface area contributed by atoms with Crippen molar-refractivity contribution >= 4 is 5.95 Å². The molecule has 0 aromatic carbocycles. The van der Waals surface area contributed by atoms with E-state index in [1.165, 1.54) is 32.1 Å². The molecule has 1 aromatic heterocycles. The van der Waals surface area contributed by atoms with Crippen LogP contribution in [0.5, 0.6) is 5.88 Å². The van der Waals surface area contributed by atoms with Crippen LogP contribution in [0.25, 0.3) is 0 Å². The van der Waals surface area contributed by atoms with Crippen LogP contribution in [0.15, 0.2) is 6.07 Å². The minimum atomic E-state index is 0.628. The molecule has 0 aliphatic heterocycles. The number of methoxy groups -OCH3 is 1. The van der Waals surface area contributed by atoms with Gasteiger partial charge in [0.1, 0.15) is 0 Å². The predicted molar refractivity (Wildman–Crippen MR) is 68.4 cm³/mol. The molecule has 0 bridgehead atoms. The summed E-state index contributed by atoms with van der Waals surface area (Å²) in [5, 5.41) is 3.33. The van der Waals surface area contributed by atoms with E-state index in [-0.39, 0.29) is 0 Å². The summed E-state index contributed by atoms with van der Waals surface area (Å²) in [7, 11) is 1.63. The van der Waals surface area contributed by atoms with Crippen molar-refractivity contribution in [3.63, 3.8) is 0 Å². The molecule has 1 aromatic rings. The Morgan fingerprint density at radius 1 is 1.29 bits per heavy atom. The Bertz CT molecular complexity index is 362. The number of hydrogen-bond donors (Lipinski definition) is 1. The van der Waals surface area contributed by atoms with Crippen LogP contribution in [0.3, 0.4) is 0 Å². The minimum Gasteiger partial charge on any atom is -0.481 e. The van der Waals surface area contributed by atoms with Crippen molar-refractivity contribution in [3.05, 3.63) is 11.8 Å². The minimum absolute atomic E-state index is 0.628. The lowest BCUT2D eigenvalue weighted by molar-refractivity contribution is 0.372. The number of aromatic nitrogens is 2. The first-order valence-electron chi connectivity index (χ1n) is 6.41. The molecule has 0 saturated heterocycles. The van der Waals surface area contributed by atoms with Gasteiger partial charge >= 0.3 is 0 Å². The van der Waals surface area contributed by atoms with Gasteiger partial charge in [0.25, 0.3) is 0 Å². The number of hydrogen-bond acceptors (Lipinski definition) is 4. The number of ether oxygens (including phenoxy) is 1. The van der Waals surface area contributed by atoms with Gasteiger partial charge in [-0.2, -0.15) is 4.98 Å². The van der Waals surface area contributed by atoms with Gasteiger partial charge in [0.15, 0.2) is 0 Å². The molecule has 1 saturated carbocycles. The fraction of sp³-hybridized carbons (Fsp3) is 0.692. The van der Waals surface area contributed by atoms with Gasteiger partial charge in [0.05, 0.1) is 7.11 Å². The second-order valence-electron chi connectivity index (χ2n) is 4.76. The Kier molecular flexibility index (Phi) is 4.18. The number of anilines is 1. The molecular weight excluding hydrogens is 214 g/mol. The van der Waals surface area contributed by atoms with E-state index in [4.69, 9.17) is 4.74 Å². The first kappa shape index (κ1) is 12.1. The molecule has 0 atom stereocenters. The molecule has 0 radical (unpaired) electrons. The summed E-state index contributed by atoms with van der Waals surface area (Å²) >= 11 is 0. The smallest absolute Gasteiger partial charge is 0.226 e. The third-order valence-corrected chi connectivity index (χ3v) is 3.31. The zero-order valence-corrected chi connectivity index (χ0v) is 10.7. The molecule has 2 rings (SSSR count). The van der Waals surface area contributed by atoms with Gasteiger partial charge in [-0.1, -0.05) is 19.3 Å². The van der Waals surface area contributed by atoms with Crippen LogP contribution < -0.4 is 10.1 Å². The molecule has 1 aliphatic rings. The Morgan fingerprint density at radius 2 is 2.06 bits per heavy atom. The molecular formula is C13H21N3O. The summed E-state index contributed by atoms with van der Waals surface area (Å²) in [6, 6.07) is 1.84. The van der Waals surface area contributed by atoms with Gasteiger partial charge in [0, 0.05) is 18.3 Å². The zero-order chi connectivity index (χ0) is 12.1. The van der Waals surface area contributed by atoms with E-state index in [2.05, 4.69) is 15.3 Å². The largest absolute Gasteiger partial charge is 0.481 e. The summed E-state index contributed by atoms with van der Waals surface area (Å²) in [6.45, 7) is 2.93. The van der Waals surface area contributed by atoms with Gasteiger partial charge in [-0.25, -0.2) is 4.98 Å². The highest BCUT2D eigenvalue weighted by Gasteiger charge is 2.13. The van der Waals surface area contributed by atoms with E-state index in [1.54, 1.807) is 7.11 Å². The number of nitrogens with one attached hydrogen (secondary N) is 1. The predicted octanol–water partition coefficient (Wildman–Crippen LogP) is 2.79. The molecule has 0 spiro atoms. The summed E-state index contributed by atoms with van der Waals surface area (Å²) in [5.41, 5.74) is 0.933. The topological polar surface area (TPSA) is 47.0 Å². The third kappa shape index (κ3) is 3.58. The molecule has 0 amide bonds. The van der Waals surface area contributed by atoms with Crippen LogP contribution in [-0.4, -0.2) is 23.6 Å². The third-order valence-electron chi connectivity index (χ3n) is 3.31. The molecule has 4 heteroatoms.